The smallest absolute Gasteiger partial charge is 0.261 e. The SMILES string of the molecule is CCCCNC(=O)[C@@H](C)N(Cc1cccc(Br)c1)C(=O)COc1ccc(C)c(C)c1. The van der Waals surface area contributed by atoms with Crippen molar-refractivity contribution >= 4 is 27.7 Å². The van der Waals surface area contributed by atoms with E-state index in [1.165, 1.54) is 5.56 Å². The monoisotopic (exact) mass is 474 g/mol. The Labute approximate surface area is 187 Å². The van der Waals surface area contributed by atoms with Crippen molar-refractivity contribution in [3.63, 3.8) is 0 Å². The number of aryl methyl sites for hydroxylation is 2. The minimum Gasteiger partial charge on any atom is -0.484 e. The number of nitrogens with zero attached hydrogens (tertiary/aromatic N) is 1. The summed E-state index contributed by atoms with van der Waals surface area (Å²) < 4.78 is 6.67. The van der Waals surface area contributed by atoms with E-state index < -0.39 is 6.04 Å². The maximum absolute atomic E-state index is 13.0. The Bertz CT molecular complexity index is 869. The fourth-order valence-electron chi connectivity index (χ4n) is 2.98. The van der Waals surface area contributed by atoms with E-state index in [4.69, 9.17) is 4.74 Å². The van der Waals surface area contributed by atoms with E-state index in [9.17, 15) is 9.59 Å². The van der Waals surface area contributed by atoms with Crippen molar-refractivity contribution in [3.05, 3.63) is 63.6 Å². The molecule has 1 atom stereocenters. The number of halogens is 1. The van der Waals surface area contributed by atoms with Crippen LogP contribution in [-0.4, -0.2) is 35.9 Å². The number of nitrogens with one attached hydrogen (secondary N) is 1. The molecule has 0 heterocycles. The van der Waals surface area contributed by atoms with Gasteiger partial charge in [0, 0.05) is 17.6 Å². The molecule has 5 nitrogen and oxygen atoms in total. The van der Waals surface area contributed by atoms with Crippen LogP contribution >= 0.6 is 15.9 Å². The zero-order chi connectivity index (χ0) is 22.1. The van der Waals surface area contributed by atoms with E-state index in [-0.39, 0.29) is 18.4 Å². The van der Waals surface area contributed by atoms with E-state index in [0.717, 1.165) is 28.4 Å². The Morgan fingerprint density at radius 2 is 1.90 bits per heavy atom. The molecule has 0 spiro atoms. The molecule has 6 heteroatoms. The lowest BCUT2D eigenvalue weighted by molar-refractivity contribution is -0.142. The van der Waals surface area contributed by atoms with Crippen molar-refractivity contribution in [1.29, 1.82) is 0 Å². The van der Waals surface area contributed by atoms with Gasteiger partial charge in [-0.1, -0.05) is 47.5 Å². The molecule has 0 aliphatic rings. The molecule has 2 rings (SSSR count). The molecule has 0 bridgehead atoms. The van der Waals surface area contributed by atoms with Gasteiger partial charge in [0.2, 0.25) is 5.91 Å². The third-order valence-electron chi connectivity index (χ3n) is 5.08. The summed E-state index contributed by atoms with van der Waals surface area (Å²) in [6.45, 7) is 8.68. The molecule has 0 saturated heterocycles. The number of rotatable bonds is 10. The summed E-state index contributed by atoms with van der Waals surface area (Å²) in [6, 6.07) is 12.9. The minimum atomic E-state index is -0.600. The Balaban J connectivity index is 2.12. The number of benzene rings is 2. The Hall–Kier alpha value is -2.34. The first kappa shape index (κ1) is 23.9. The molecule has 0 fully saturated rings. The summed E-state index contributed by atoms with van der Waals surface area (Å²) >= 11 is 3.46. The summed E-state index contributed by atoms with van der Waals surface area (Å²) in [4.78, 5) is 27.2. The quantitative estimate of drug-likeness (QED) is 0.504. The van der Waals surface area contributed by atoms with Gasteiger partial charge in [0.1, 0.15) is 11.8 Å². The van der Waals surface area contributed by atoms with E-state index in [1.54, 1.807) is 11.8 Å². The standard InChI is InChI=1S/C24H31BrN2O3/c1-5-6-12-26-24(29)19(4)27(15-20-8-7-9-21(25)14-20)23(28)16-30-22-11-10-17(2)18(3)13-22/h7-11,13-14,19H,5-6,12,15-16H2,1-4H3,(H,26,29)/t19-/m1/s1. The van der Waals surface area contributed by atoms with Gasteiger partial charge in [-0.05, 0) is 68.1 Å². The highest BCUT2D eigenvalue weighted by molar-refractivity contribution is 9.10. The topological polar surface area (TPSA) is 58.6 Å². The van der Waals surface area contributed by atoms with Crippen LogP contribution in [0.5, 0.6) is 5.75 Å². The number of hydrogen-bond acceptors (Lipinski definition) is 3. The van der Waals surface area contributed by atoms with Crippen molar-refractivity contribution in [1.82, 2.24) is 10.2 Å². The van der Waals surface area contributed by atoms with Crippen LogP contribution in [0.15, 0.2) is 46.9 Å². The molecule has 2 aromatic rings. The van der Waals surface area contributed by atoms with Gasteiger partial charge in [-0.3, -0.25) is 9.59 Å². The zero-order valence-electron chi connectivity index (χ0n) is 18.2. The maximum atomic E-state index is 13.0. The number of carbonyl (C=O) groups is 2. The van der Waals surface area contributed by atoms with Gasteiger partial charge in [-0.25, -0.2) is 0 Å². The fourth-order valence-corrected chi connectivity index (χ4v) is 3.43. The number of ether oxygens (including phenoxy) is 1. The van der Waals surface area contributed by atoms with Crippen LogP contribution in [-0.2, 0) is 16.1 Å². The molecule has 0 unspecified atom stereocenters. The fraction of sp³-hybridized carbons (Fsp3) is 0.417. The zero-order valence-corrected chi connectivity index (χ0v) is 19.8. The number of amides is 2. The summed E-state index contributed by atoms with van der Waals surface area (Å²) in [5.41, 5.74) is 3.22. The predicted octanol–water partition coefficient (Wildman–Crippen LogP) is 4.78. The second-order valence-electron chi connectivity index (χ2n) is 7.51. The van der Waals surface area contributed by atoms with Crippen LogP contribution in [0.1, 0.15) is 43.4 Å². The van der Waals surface area contributed by atoms with Crippen LogP contribution in [0.3, 0.4) is 0 Å². The molecule has 0 aromatic heterocycles. The summed E-state index contributed by atoms with van der Waals surface area (Å²) in [7, 11) is 0. The number of hydrogen-bond donors (Lipinski definition) is 1. The molecular weight excluding hydrogens is 444 g/mol. The van der Waals surface area contributed by atoms with Crippen molar-refractivity contribution in [2.45, 2.75) is 53.1 Å². The highest BCUT2D eigenvalue weighted by Gasteiger charge is 2.26. The lowest BCUT2D eigenvalue weighted by Gasteiger charge is -2.29. The van der Waals surface area contributed by atoms with Crippen molar-refractivity contribution in [2.75, 3.05) is 13.2 Å². The second kappa shape index (κ2) is 11.7. The Morgan fingerprint density at radius 3 is 2.57 bits per heavy atom. The molecule has 30 heavy (non-hydrogen) atoms. The number of unbranched alkanes of at least 4 members (excludes halogenated alkanes) is 1. The van der Waals surface area contributed by atoms with E-state index in [1.807, 2.05) is 56.3 Å². The van der Waals surface area contributed by atoms with Crippen LogP contribution in [0, 0.1) is 13.8 Å². The molecule has 0 aliphatic carbocycles. The van der Waals surface area contributed by atoms with Crippen molar-refractivity contribution < 1.29 is 14.3 Å². The maximum Gasteiger partial charge on any atom is 0.261 e. The molecule has 0 aliphatic heterocycles. The molecule has 2 aromatic carbocycles. The third kappa shape index (κ3) is 7.17. The van der Waals surface area contributed by atoms with Gasteiger partial charge in [-0.2, -0.15) is 0 Å². The molecule has 2 amide bonds. The van der Waals surface area contributed by atoms with Crippen LogP contribution in [0.25, 0.3) is 0 Å². The molecule has 0 saturated carbocycles. The molecular formula is C24H31BrN2O3. The van der Waals surface area contributed by atoms with Gasteiger partial charge in [0.15, 0.2) is 6.61 Å². The van der Waals surface area contributed by atoms with Crippen molar-refractivity contribution in [3.8, 4) is 5.75 Å². The number of carbonyl (C=O) groups excluding carboxylic acids is 2. The van der Waals surface area contributed by atoms with Gasteiger partial charge in [0.05, 0.1) is 0 Å². The van der Waals surface area contributed by atoms with Crippen LogP contribution in [0.2, 0.25) is 0 Å². The average Bonchev–Trinajstić information content (AvgIpc) is 2.72. The first-order valence-corrected chi connectivity index (χ1v) is 11.1. The first-order valence-electron chi connectivity index (χ1n) is 10.3. The summed E-state index contributed by atoms with van der Waals surface area (Å²) in [5.74, 6) is 0.262. The Kier molecular flexibility index (Phi) is 9.37. The van der Waals surface area contributed by atoms with E-state index in [2.05, 4.69) is 28.2 Å². The third-order valence-corrected chi connectivity index (χ3v) is 5.57. The van der Waals surface area contributed by atoms with E-state index >= 15 is 0 Å². The van der Waals surface area contributed by atoms with Gasteiger partial charge < -0.3 is 15.0 Å². The second-order valence-corrected chi connectivity index (χ2v) is 8.42. The van der Waals surface area contributed by atoms with E-state index in [0.29, 0.717) is 18.8 Å². The van der Waals surface area contributed by atoms with Crippen molar-refractivity contribution in [2.24, 2.45) is 0 Å². The molecule has 0 radical (unpaired) electrons. The van der Waals surface area contributed by atoms with Gasteiger partial charge in [0.25, 0.3) is 5.91 Å². The first-order chi connectivity index (χ1) is 14.3. The minimum absolute atomic E-state index is 0.122. The average molecular weight is 475 g/mol. The normalized spacial score (nSPS) is 11.6. The van der Waals surface area contributed by atoms with Crippen LogP contribution in [0.4, 0.5) is 0 Å². The highest BCUT2D eigenvalue weighted by Crippen LogP contribution is 2.18. The largest absolute Gasteiger partial charge is 0.484 e. The van der Waals surface area contributed by atoms with Crippen LogP contribution < -0.4 is 10.1 Å². The summed E-state index contributed by atoms with van der Waals surface area (Å²) in [5, 5.41) is 2.92. The highest BCUT2D eigenvalue weighted by atomic mass is 79.9. The molecule has 1 N–H and O–H groups in total. The summed E-state index contributed by atoms with van der Waals surface area (Å²) in [6.07, 6.45) is 1.91. The Morgan fingerprint density at radius 1 is 1.13 bits per heavy atom. The molecule has 162 valence electrons. The lowest BCUT2D eigenvalue weighted by atomic mass is 10.1. The lowest BCUT2D eigenvalue weighted by Crippen LogP contribution is -2.49. The van der Waals surface area contributed by atoms with Gasteiger partial charge >= 0.3 is 0 Å². The van der Waals surface area contributed by atoms with Gasteiger partial charge in [-0.15, -0.1) is 0 Å². The predicted molar refractivity (Wildman–Crippen MR) is 123 cm³/mol.